The number of aromatic nitrogens is 9. The molecule has 0 aromatic carbocycles. The molecule has 362 valence electrons. The molecule has 22 nitrogen and oxygen atoms in total. The molecule has 5 aromatic heterocycles. The van der Waals surface area contributed by atoms with E-state index in [2.05, 4.69) is 111 Å². The first-order chi connectivity index (χ1) is 34.5. The number of allylic oxidation sites excluding steroid dienone is 5. The van der Waals surface area contributed by atoms with Crippen molar-refractivity contribution >= 4 is 49.7 Å². The normalized spacial score (nSPS) is 13.4. The minimum atomic E-state index is 0. The van der Waals surface area contributed by atoms with Gasteiger partial charge in [0, 0.05) is 156 Å². The van der Waals surface area contributed by atoms with Crippen molar-refractivity contribution in [3.05, 3.63) is 191 Å². The first kappa shape index (κ1) is 60.5. The third-order valence-electron chi connectivity index (χ3n) is 6.22. The Morgan fingerprint density at radius 3 is 1.06 bits per heavy atom. The van der Waals surface area contributed by atoms with Gasteiger partial charge in [0.15, 0.2) is 6.33 Å². The van der Waals surface area contributed by atoms with E-state index in [1.165, 1.54) is 19.0 Å². The Bertz CT molecular complexity index is 1700. The predicted octanol–water partition coefficient (Wildman–Crippen LogP) is 9.25. The van der Waals surface area contributed by atoms with Gasteiger partial charge in [0.1, 0.15) is 6.33 Å². The summed E-state index contributed by atoms with van der Waals surface area (Å²) in [6.07, 6.45) is 62.2. The molecule has 0 spiro atoms. The van der Waals surface area contributed by atoms with Crippen molar-refractivity contribution in [2.45, 2.75) is 33.1 Å². The molecule has 22 heteroatoms. The molecular weight excluding hydrogens is 887 g/mol. The third-order valence-corrected chi connectivity index (χ3v) is 6.22. The summed E-state index contributed by atoms with van der Waals surface area (Å²) in [5.41, 5.74) is 0. The molecule has 0 radical (unpaired) electrons. The quantitative estimate of drug-likeness (QED) is 0.142. The molecule has 13 rings (SSSR count). The fourth-order valence-corrected chi connectivity index (χ4v) is 3.38. The molecule has 0 atom stereocenters. The van der Waals surface area contributed by atoms with E-state index in [9.17, 15) is 0 Å². The van der Waals surface area contributed by atoms with Crippen LogP contribution < -0.4 is 0 Å². The first-order valence-electron chi connectivity index (χ1n) is 20.9. The summed E-state index contributed by atoms with van der Waals surface area (Å²) >= 11 is 0. The number of pyridine rings is 1. The molecule has 8 aliphatic heterocycles. The van der Waals surface area contributed by atoms with Gasteiger partial charge < -0.3 is 4.52 Å². The Morgan fingerprint density at radius 1 is 0.371 bits per heavy atom. The van der Waals surface area contributed by atoms with Gasteiger partial charge in [-0.2, -0.15) is 35.7 Å². The third kappa shape index (κ3) is 54.7. The lowest BCUT2D eigenvalue weighted by Gasteiger charge is -1.70. The van der Waals surface area contributed by atoms with Crippen LogP contribution in [0.5, 0.6) is 0 Å². The molecular formula is C48H59N21O. The average molecular weight is 946 g/mol. The lowest BCUT2D eigenvalue weighted by atomic mass is 10.5. The average Bonchev–Trinajstić information content (AvgIpc) is 4.31. The van der Waals surface area contributed by atoms with E-state index in [1.54, 1.807) is 124 Å². The summed E-state index contributed by atoms with van der Waals surface area (Å²) in [6, 6.07) is 11.1. The van der Waals surface area contributed by atoms with Crippen molar-refractivity contribution in [2.75, 3.05) is 26.2 Å². The standard InChI is InChI=1S/C5H5N.3C4H4N2.5C4H5N.2C3H4N2.C2H3N3.C2H2N2O.CH4/c1-2-4-6-5-3-1;1-2-6-4-3-5-1;1-2-5-4-6-3-1;1-2-4-6-5-3-1;8*1-2-4-5-3-1;1-3-2-5-4-1;/h1-5H;3*1-4H;3*1,3-4H,2H2;2*1-3H,4H2;2-3H,1H2;1-2H,3H2;1H,2H2;1-2H;1H4. The number of hydrogen-bond acceptors (Lipinski definition) is 22. The molecule has 0 aliphatic carbocycles. The summed E-state index contributed by atoms with van der Waals surface area (Å²) in [4.78, 5) is 41.0. The Morgan fingerprint density at radius 2 is 0.914 bits per heavy atom. The highest BCUT2D eigenvalue weighted by Crippen LogP contribution is 1.89. The molecule has 13 heterocycles. The van der Waals surface area contributed by atoms with Crippen LogP contribution in [-0.2, 0) is 0 Å². The van der Waals surface area contributed by atoms with Crippen LogP contribution in [-0.4, -0.2) is 121 Å². The largest absolute Gasteiger partial charge is 0.343 e. The van der Waals surface area contributed by atoms with Gasteiger partial charge in [-0.3, -0.25) is 39.9 Å². The Labute approximate surface area is 409 Å². The molecule has 70 heavy (non-hydrogen) atoms. The van der Waals surface area contributed by atoms with Crippen molar-refractivity contribution < 1.29 is 4.52 Å². The molecule has 0 N–H and O–H groups in total. The van der Waals surface area contributed by atoms with E-state index in [1.807, 2.05) is 97.6 Å². The smallest absolute Gasteiger partial charge is 0.213 e. The summed E-state index contributed by atoms with van der Waals surface area (Å²) < 4.78 is 4.22. The molecule has 0 fully saturated rings. The second-order valence-electron chi connectivity index (χ2n) is 11.4. The molecule has 0 bridgehead atoms. The van der Waals surface area contributed by atoms with Gasteiger partial charge in [0.25, 0.3) is 0 Å². The summed E-state index contributed by atoms with van der Waals surface area (Å²) in [5.74, 6) is 0. The van der Waals surface area contributed by atoms with E-state index in [4.69, 9.17) is 0 Å². The summed E-state index contributed by atoms with van der Waals surface area (Å²) in [6.45, 7) is 3.22. The van der Waals surface area contributed by atoms with Crippen LogP contribution in [0.25, 0.3) is 0 Å². The number of aliphatic imine (C=N–C) groups is 5. The van der Waals surface area contributed by atoms with E-state index < -0.39 is 0 Å². The molecule has 0 unspecified atom stereocenters. The zero-order valence-electron chi connectivity index (χ0n) is 38.0. The monoisotopic (exact) mass is 946 g/mol. The topological polar surface area (TPSA) is 277 Å². The van der Waals surface area contributed by atoms with E-state index in [0.29, 0.717) is 6.54 Å². The first-order valence-corrected chi connectivity index (χ1v) is 20.9. The molecule has 5 aromatic rings. The second-order valence-corrected chi connectivity index (χ2v) is 11.4. The highest BCUT2D eigenvalue weighted by molar-refractivity contribution is 5.82. The Hall–Kier alpha value is -9.47. The molecule has 0 saturated heterocycles. The van der Waals surface area contributed by atoms with Crippen LogP contribution in [0.2, 0.25) is 0 Å². The summed E-state index contributed by atoms with van der Waals surface area (Å²) in [7, 11) is 0. The van der Waals surface area contributed by atoms with E-state index in [0.717, 1.165) is 45.3 Å². The molecule has 0 amide bonds. The zero-order chi connectivity index (χ0) is 48.8. The SMILES string of the molecule is C.C1=CCN=C1.C1=CCN=C1.C1=CN=CC1.C1=CN=CC1.C1=CN=CC1.C1=CN=NC1.C1=NN=CC1.C1=NN=NC1.c1ccncc1.c1ccnnc1.c1cnccn1.c1cncnc1.c1ncon1. The maximum Gasteiger partial charge on any atom is 0.213 e. The summed E-state index contributed by atoms with van der Waals surface area (Å²) in [5, 5.41) is 34.7. The van der Waals surface area contributed by atoms with Gasteiger partial charge in [-0.25, -0.2) is 15.0 Å². The predicted molar refractivity (Wildman–Crippen MR) is 282 cm³/mol. The minimum Gasteiger partial charge on any atom is -0.343 e. The van der Waals surface area contributed by atoms with Gasteiger partial charge in [0.05, 0.1) is 32.4 Å². The van der Waals surface area contributed by atoms with E-state index >= 15 is 0 Å². The maximum atomic E-state index is 4.22. The van der Waals surface area contributed by atoms with Crippen LogP contribution >= 0.6 is 0 Å². The number of hydrogen-bond donors (Lipinski definition) is 0. The van der Waals surface area contributed by atoms with Gasteiger partial charge >= 0.3 is 0 Å². The van der Waals surface area contributed by atoms with E-state index in [-0.39, 0.29) is 7.43 Å². The van der Waals surface area contributed by atoms with Gasteiger partial charge in [-0.05, 0) is 53.8 Å². The Balaban J connectivity index is 0.000000736. The van der Waals surface area contributed by atoms with Crippen molar-refractivity contribution in [1.82, 2.24) is 45.3 Å². The van der Waals surface area contributed by atoms with Crippen molar-refractivity contribution in [2.24, 2.45) is 60.8 Å². The lowest BCUT2D eigenvalue weighted by Crippen LogP contribution is -1.69. The minimum absolute atomic E-state index is 0. The van der Waals surface area contributed by atoms with Crippen LogP contribution in [0, 0.1) is 0 Å². The fraction of sp³-hybridized carbons (Fsp3) is 0.188. The highest BCUT2D eigenvalue weighted by atomic mass is 16.5. The van der Waals surface area contributed by atoms with Crippen LogP contribution in [0.4, 0.5) is 0 Å². The van der Waals surface area contributed by atoms with Crippen molar-refractivity contribution in [3.63, 3.8) is 0 Å². The maximum absolute atomic E-state index is 4.22. The number of rotatable bonds is 0. The van der Waals surface area contributed by atoms with Crippen LogP contribution in [0.15, 0.2) is 256 Å². The van der Waals surface area contributed by atoms with Gasteiger partial charge in [0.2, 0.25) is 6.39 Å². The van der Waals surface area contributed by atoms with Gasteiger partial charge in [-0.1, -0.05) is 49.0 Å². The van der Waals surface area contributed by atoms with Crippen LogP contribution in [0.1, 0.15) is 33.1 Å². The highest BCUT2D eigenvalue weighted by Gasteiger charge is 1.78. The van der Waals surface area contributed by atoms with Crippen molar-refractivity contribution in [1.29, 1.82) is 0 Å². The Kier molecular flexibility index (Phi) is 49.8. The lowest BCUT2D eigenvalue weighted by molar-refractivity contribution is 0.416. The van der Waals surface area contributed by atoms with Crippen molar-refractivity contribution in [3.8, 4) is 0 Å². The number of azo groups is 1. The van der Waals surface area contributed by atoms with Gasteiger partial charge in [-0.15, -0.1) is 5.10 Å². The molecule has 8 aliphatic rings. The van der Waals surface area contributed by atoms with Crippen LogP contribution in [0.3, 0.4) is 0 Å². The molecule has 0 saturated carbocycles. The number of nitrogens with zero attached hydrogens (tertiary/aromatic N) is 21. The zero-order valence-corrected chi connectivity index (χ0v) is 38.0. The fourth-order valence-electron chi connectivity index (χ4n) is 3.38. The second kappa shape index (κ2) is 57.5.